The molecule has 0 bridgehead atoms. The highest BCUT2D eigenvalue weighted by atomic mass is 16.5. The Morgan fingerprint density at radius 1 is 1.00 bits per heavy atom. The summed E-state index contributed by atoms with van der Waals surface area (Å²) in [6, 6.07) is 0. The van der Waals surface area contributed by atoms with Crippen LogP contribution in [0.2, 0.25) is 0 Å². The summed E-state index contributed by atoms with van der Waals surface area (Å²) in [4.78, 5) is 2.74. The van der Waals surface area contributed by atoms with E-state index in [1.54, 1.807) is 0 Å². The standard InChI is InChI=1S/C20H35NO/c1-19-10-3-2-6-17(19)7-8-18(19)9-13-21-14-15-22-20(16-21)11-4-5-12-20/h17-18H,2-16H2,1H3/t17?,18-,19?/m1/s1. The van der Waals surface area contributed by atoms with Crippen LogP contribution in [0, 0.1) is 17.3 Å². The van der Waals surface area contributed by atoms with E-state index in [4.69, 9.17) is 4.74 Å². The van der Waals surface area contributed by atoms with Crippen LogP contribution in [0.5, 0.6) is 0 Å². The van der Waals surface area contributed by atoms with E-state index >= 15 is 0 Å². The van der Waals surface area contributed by atoms with E-state index in [1.165, 1.54) is 90.3 Å². The highest BCUT2D eigenvalue weighted by Crippen LogP contribution is 2.56. The smallest absolute Gasteiger partial charge is 0.0809 e. The number of nitrogens with zero attached hydrogens (tertiary/aromatic N) is 1. The van der Waals surface area contributed by atoms with Crippen LogP contribution in [0.15, 0.2) is 0 Å². The van der Waals surface area contributed by atoms with E-state index in [1.807, 2.05) is 0 Å². The van der Waals surface area contributed by atoms with Crippen molar-refractivity contribution >= 4 is 0 Å². The van der Waals surface area contributed by atoms with Crippen molar-refractivity contribution in [3.8, 4) is 0 Å². The lowest BCUT2D eigenvalue weighted by Crippen LogP contribution is -2.50. The summed E-state index contributed by atoms with van der Waals surface area (Å²) < 4.78 is 6.19. The fourth-order valence-corrected chi connectivity index (χ4v) is 6.42. The molecule has 0 aromatic rings. The van der Waals surface area contributed by atoms with E-state index in [0.29, 0.717) is 5.41 Å². The van der Waals surface area contributed by atoms with Gasteiger partial charge in [0.25, 0.3) is 0 Å². The Hall–Kier alpha value is -0.0800. The fraction of sp³-hybridized carbons (Fsp3) is 1.00. The second-order valence-corrected chi connectivity index (χ2v) is 9.03. The lowest BCUT2D eigenvalue weighted by atomic mass is 9.65. The number of rotatable bonds is 3. The molecular weight excluding hydrogens is 270 g/mol. The summed E-state index contributed by atoms with van der Waals surface area (Å²) in [5.74, 6) is 2.05. The zero-order valence-corrected chi connectivity index (χ0v) is 14.6. The molecule has 0 aromatic heterocycles. The van der Waals surface area contributed by atoms with Gasteiger partial charge in [-0.15, -0.1) is 0 Å². The normalized spacial score (nSPS) is 41.9. The van der Waals surface area contributed by atoms with Gasteiger partial charge in [-0.2, -0.15) is 0 Å². The molecule has 1 saturated heterocycles. The molecule has 2 nitrogen and oxygen atoms in total. The Kier molecular flexibility index (Phi) is 4.28. The van der Waals surface area contributed by atoms with Crippen molar-refractivity contribution < 1.29 is 4.74 Å². The highest BCUT2D eigenvalue weighted by Gasteiger charge is 2.47. The van der Waals surface area contributed by atoms with Gasteiger partial charge >= 0.3 is 0 Å². The molecule has 2 unspecified atom stereocenters. The van der Waals surface area contributed by atoms with Crippen molar-refractivity contribution in [1.29, 1.82) is 0 Å². The Bertz CT molecular complexity index is 389. The van der Waals surface area contributed by atoms with Crippen molar-refractivity contribution in [2.75, 3.05) is 26.2 Å². The second-order valence-electron chi connectivity index (χ2n) is 9.03. The van der Waals surface area contributed by atoms with Crippen molar-refractivity contribution in [3.05, 3.63) is 0 Å². The van der Waals surface area contributed by atoms with E-state index in [-0.39, 0.29) is 5.60 Å². The average molecular weight is 306 g/mol. The van der Waals surface area contributed by atoms with E-state index in [0.717, 1.165) is 18.4 Å². The van der Waals surface area contributed by atoms with Crippen LogP contribution in [-0.4, -0.2) is 36.7 Å². The van der Waals surface area contributed by atoms with Crippen LogP contribution in [0.4, 0.5) is 0 Å². The molecule has 3 saturated carbocycles. The minimum atomic E-state index is 0.255. The molecule has 1 heterocycles. The van der Waals surface area contributed by atoms with Gasteiger partial charge in [0.2, 0.25) is 0 Å². The molecule has 0 N–H and O–H groups in total. The molecule has 3 aliphatic carbocycles. The maximum Gasteiger partial charge on any atom is 0.0809 e. The quantitative estimate of drug-likeness (QED) is 0.754. The van der Waals surface area contributed by atoms with Crippen LogP contribution in [0.25, 0.3) is 0 Å². The van der Waals surface area contributed by atoms with Gasteiger partial charge in [0.05, 0.1) is 12.2 Å². The summed E-state index contributed by atoms with van der Waals surface area (Å²) in [7, 11) is 0. The molecule has 1 aliphatic heterocycles. The fourth-order valence-electron chi connectivity index (χ4n) is 6.42. The van der Waals surface area contributed by atoms with Crippen LogP contribution < -0.4 is 0 Å². The third-order valence-corrected chi connectivity index (χ3v) is 7.88. The van der Waals surface area contributed by atoms with Crippen LogP contribution in [-0.2, 0) is 4.74 Å². The Labute approximate surface area is 137 Å². The summed E-state index contributed by atoms with van der Waals surface area (Å²) in [6.45, 7) is 7.34. The van der Waals surface area contributed by atoms with Crippen LogP contribution in [0.1, 0.15) is 77.6 Å². The summed E-state index contributed by atoms with van der Waals surface area (Å²) >= 11 is 0. The molecule has 3 atom stereocenters. The van der Waals surface area contributed by atoms with Gasteiger partial charge in [0.1, 0.15) is 0 Å². The van der Waals surface area contributed by atoms with E-state index < -0.39 is 0 Å². The molecule has 126 valence electrons. The molecule has 0 radical (unpaired) electrons. The maximum atomic E-state index is 6.19. The van der Waals surface area contributed by atoms with E-state index in [2.05, 4.69) is 11.8 Å². The number of ether oxygens (including phenoxy) is 1. The molecule has 22 heavy (non-hydrogen) atoms. The maximum absolute atomic E-state index is 6.19. The Morgan fingerprint density at radius 2 is 1.82 bits per heavy atom. The number of hydrogen-bond acceptors (Lipinski definition) is 2. The molecule has 4 fully saturated rings. The largest absolute Gasteiger partial charge is 0.372 e. The number of fused-ring (bicyclic) bond motifs is 1. The van der Waals surface area contributed by atoms with Gasteiger partial charge < -0.3 is 4.74 Å². The van der Waals surface area contributed by atoms with Crippen molar-refractivity contribution in [3.63, 3.8) is 0 Å². The lowest BCUT2D eigenvalue weighted by molar-refractivity contribution is -0.106. The van der Waals surface area contributed by atoms with Crippen molar-refractivity contribution in [1.82, 2.24) is 4.90 Å². The number of hydrogen-bond donors (Lipinski definition) is 0. The first-order valence-corrected chi connectivity index (χ1v) is 10.1. The zero-order valence-electron chi connectivity index (χ0n) is 14.6. The van der Waals surface area contributed by atoms with Gasteiger partial charge in [0, 0.05) is 13.1 Å². The van der Waals surface area contributed by atoms with Crippen LogP contribution in [0.3, 0.4) is 0 Å². The first kappa shape index (κ1) is 15.4. The van der Waals surface area contributed by atoms with Crippen molar-refractivity contribution in [2.45, 2.75) is 83.2 Å². The molecule has 0 amide bonds. The minimum absolute atomic E-state index is 0.255. The van der Waals surface area contributed by atoms with Gasteiger partial charge in [0.15, 0.2) is 0 Å². The molecule has 2 heteroatoms. The summed E-state index contributed by atoms with van der Waals surface area (Å²) in [5, 5.41) is 0. The van der Waals surface area contributed by atoms with E-state index in [9.17, 15) is 0 Å². The molecule has 1 spiro atoms. The molecule has 0 aromatic carbocycles. The number of morpholine rings is 1. The monoisotopic (exact) mass is 305 g/mol. The SMILES string of the molecule is CC12CCCCC1CC[C@@H]2CCN1CCOC2(CCCC2)C1. The van der Waals surface area contributed by atoms with Crippen molar-refractivity contribution in [2.24, 2.45) is 17.3 Å². The minimum Gasteiger partial charge on any atom is -0.372 e. The van der Waals surface area contributed by atoms with Gasteiger partial charge in [-0.05, 0) is 68.7 Å². The summed E-state index contributed by atoms with van der Waals surface area (Å²) in [5.41, 5.74) is 0.945. The molecule has 4 aliphatic rings. The first-order valence-electron chi connectivity index (χ1n) is 10.1. The average Bonchev–Trinajstić information content (AvgIpc) is 3.10. The topological polar surface area (TPSA) is 12.5 Å². The predicted molar refractivity (Wildman–Crippen MR) is 91.0 cm³/mol. The van der Waals surface area contributed by atoms with Gasteiger partial charge in [-0.25, -0.2) is 0 Å². The second kappa shape index (κ2) is 6.09. The lowest BCUT2D eigenvalue weighted by Gasteiger charge is -2.43. The van der Waals surface area contributed by atoms with Crippen LogP contribution >= 0.6 is 0 Å². The summed E-state index contributed by atoms with van der Waals surface area (Å²) in [6.07, 6.45) is 15.9. The third kappa shape index (κ3) is 2.75. The van der Waals surface area contributed by atoms with Gasteiger partial charge in [-0.3, -0.25) is 4.90 Å². The zero-order chi connectivity index (χ0) is 15.0. The first-order chi connectivity index (χ1) is 10.7. The Balaban J connectivity index is 1.32. The Morgan fingerprint density at radius 3 is 2.68 bits per heavy atom. The van der Waals surface area contributed by atoms with Gasteiger partial charge in [-0.1, -0.05) is 32.6 Å². The predicted octanol–water partition coefficient (Wildman–Crippen LogP) is 4.63. The molecule has 4 rings (SSSR count). The highest BCUT2D eigenvalue weighted by molar-refractivity contribution is 4.98. The third-order valence-electron chi connectivity index (χ3n) is 7.88. The molecular formula is C20H35NO.